The summed E-state index contributed by atoms with van der Waals surface area (Å²) in [7, 11) is 0. The predicted molar refractivity (Wildman–Crippen MR) is 159 cm³/mol. The van der Waals surface area contributed by atoms with Gasteiger partial charge in [0.1, 0.15) is 17.3 Å². The second kappa shape index (κ2) is 12.3. The average Bonchev–Trinajstić information content (AvgIpc) is 3.81. The minimum absolute atomic E-state index is 0.0215. The Kier molecular flexibility index (Phi) is 8.30. The molecule has 3 aliphatic rings. The Morgan fingerprint density at radius 1 is 1.11 bits per heavy atom. The molecule has 238 valence electrons. The second-order valence-electron chi connectivity index (χ2n) is 11.7. The van der Waals surface area contributed by atoms with E-state index in [1.165, 1.54) is 30.2 Å². The number of hydrogen-bond donors (Lipinski definition) is 2. The number of amides is 2. The maximum Gasteiger partial charge on any atom is 0.414 e. The zero-order valence-corrected chi connectivity index (χ0v) is 24.6. The van der Waals surface area contributed by atoms with E-state index in [4.69, 9.17) is 9.47 Å². The van der Waals surface area contributed by atoms with Crippen molar-refractivity contribution in [1.29, 1.82) is 0 Å². The largest absolute Gasteiger partial charge is 0.490 e. The Balaban J connectivity index is 1.10. The van der Waals surface area contributed by atoms with Gasteiger partial charge in [-0.3, -0.25) is 14.5 Å². The highest BCUT2D eigenvalue weighted by molar-refractivity contribution is 5.92. The first-order valence-electron chi connectivity index (χ1n) is 15.0. The van der Waals surface area contributed by atoms with E-state index in [0.717, 1.165) is 25.3 Å². The number of carbonyl (C=O) groups excluding carboxylic acids is 2. The van der Waals surface area contributed by atoms with Gasteiger partial charge in [-0.05, 0) is 56.2 Å². The third-order valence-corrected chi connectivity index (χ3v) is 8.41. The number of nitrogens with zero attached hydrogens (tertiary/aromatic N) is 4. The van der Waals surface area contributed by atoms with Crippen molar-refractivity contribution in [2.24, 2.45) is 5.92 Å². The number of halogens is 2. The third kappa shape index (κ3) is 6.40. The lowest BCUT2D eigenvalue weighted by atomic mass is 10.0. The van der Waals surface area contributed by atoms with Gasteiger partial charge in [-0.1, -0.05) is 0 Å². The van der Waals surface area contributed by atoms with Crippen molar-refractivity contribution < 1.29 is 37.7 Å². The van der Waals surface area contributed by atoms with E-state index in [-0.39, 0.29) is 60.2 Å². The number of benzene rings is 1. The lowest BCUT2D eigenvalue weighted by molar-refractivity contribution is -0.119. The highest BCUT2D eigenvalue weighted by Crippen LogP contribution is 2.37. The number of ether oxygens (including phenoxy) is 2. The molecule has 2 atom stereocenters. The Hall–Kier alpha value is -4.75. The minimum Gasteiger partial charge on any atom is -0.490 e. The quantitative estimate of drug-likeness (QED) is 0.362. The smallest absolute Gasteiger partial charge is 0.414 e. The Labute approximate surface area is 256 Å². The van der Waals surface area contributed by atoms with Crippen molar-refractivity contribution >= 4 is 40.5 Å². The fraction of sp³-hybridized carbons (Fsp3) is 0.452. The monoisotopic (exact) mass is 625 g/mol. The van der Waals surface area contributed by atoms with E-state index in [2.05, 4.69) is 10.3 Å². The highest BCUT2D eigenvalue weighted by atomic mass is 19.1. The van der Waals surface area contributed by atoms with E-state index in [1.54, 1.807) is 10.6 Å². The van der Waals surface area contributed by atoms with Crippen molar-refractivity contribution in [2.75, 3.05) is 42.6 Å². The first kappa shape index (κ1) is 30.3. The lowest BCUT2D eigenvalue weighted by Gasteiger charge is -2.23. The van der Waals surface area contributed by atoms with Crippen molar-refractivity contribution in [2.45, 2.75) is 51.2 Å². The molecule has 4 heterocycles. The van der Waals surface area contributed by atoms with Gasteiger partial charge in [-0.2, -0.15) is 0 Å². The number of anilines is 2. The molecule has 0 spiro atoms. The van der Waals surface area contributed by atoms with Crippen molar-refractivity contribution in [1.82, 2.24) is 14.9 Å². The van der Waals surface area contributed by atoms with Gasteiger partial charge in [0.05, 0.1) is 30.8 Å². The van der Waals surface area contributed by atoms with Gasteiger partial charge in [0.15, 0.2) is 23.2 Å². The zero-order valence-electron chi connectivity index (χ0n) is 24.6. The van der Waals surface area contributed by atoms with Crippen LogP contribution in [0.5, 0.6) is 5.75 Å². The number of aromatic carboxylic acids is 1. The van der Waals surface area contributed by atoms with Crippen LogP contribution in [0.4, 0.5) is 25.1 Å². The number of hydrogen-bond acceptors (Lipinski definition) is 8. The lowest BCUT2D eigenvalue weighted by Crippen LogP contribution is -2.33. The summed E-state index contributed by atoms with van der Waals surface area (Å²) in [4.78, 5) is 55.5. The molecule has 3 aromatic rings. The summed E-state index contributed by atoms with van der Waals surface area (Å²) in [5.74, 6) is -2.70. The summed E-state index contributed by atoms with van der Waals surface area (Å²) in [6.45, 7) is 2.92. The van der Waals surface area contributed by atoms with Crippen LogP contribution in [-0.2, 0) is 9.53 Å². The number of pyridine rings is 2. The molecule has 0 radical (unpaired) electrons. The third-order valence-electron chi connectivity index (χ3n) is 8.41. The number of aromatic nitrogens is 2. The van der Waals surface area contributed by atoms with E-state index in [9.17, 15) is 28.7 Å². The Bertz CT molecular complexity index is 1730. The Morgan fingerprint density at radius 3 is 2.62 bits per heavy atom. The fourth-order valence-corrected chi connectivity index (χ4v) is 5.87. The van der Waals surface area contributed by atoms with Crippen LogP contribution in [0.2, 0.25) is 0 Å². The molecule has 2 N–H and O–H groups in total. The zero-order chi connectivity index (χ0) is 31.8. The number of carbonyl (C=O) groups is 3. The molecule has 1 saturated carbocycles. The molecule has 6 rings (SSSR count). The van der Waals surface area contributed by atoms with Gasteiger partial charge < -0.3 is 29.4 Å². The summed E-state index contributed by atoms with van der Waals surface area (Å²) in [5, 5.41) is 12.0. The van der Waals surface area contributed by atoms with Crippen LogP contribution in [0.25, 0.3) is 11.0 Å². The number of cyclic esters (lactones) is 1. The number of fused-ring (bicyclic) bond motifs is 1. The van der Waals surface area contributed by atoms with Gasteiger partial charge in [0, 0.05) is 38.3 Å². The van der Waals surface area contributed by atoms with E-state index < -0.39 is 40.8 Å². The average molecular weight is 626 g/mol. The molecule has 1 aromatic carbocycles. The standard InChI is InChI=1S/C31H33F2N5O7/c1-17(39)34-13-21-14-38(31(43)45-21)20-6-7-26(24(32)11-20)44-16-18-3-2-9-36(10-8-18)29-25(33)12-22-27(40)23(30(41)42)15-37(19-4-5-19)28(22)35-29/h6-7,11-12,15,18-19,21H,2-5,8-10,13-14,16H2,1H3,(H,34,39)(H,41,42)/t18?,21-/m0/s1. The van der Waals surface area contributed by atoms with Gasteiger partial charge in [-0.25, -0.2) is 23.4 Å². The van der Waals surface area contributed by atoms with Crippen LogP contribution in [0.15, 0.2) is 35.3 Å². The molecule has 2 aromatic heterocycles. The molecule has 1 aliphatic carbocycles. The first-order valence-corrected chi connectivity index (χ1v) is 15.0. The normalized spacial score (nSPS) is 20.2. The summed E-state index contributed by atoms with van der Waals surface area (Å²) in [5.41, 5.74) is -0.570. The van der Waals surface area contributed by atoms with Gasteiger partial charge >= 0.3 is 12.1 Å². The molecule has 2 amide bonds. The van der Waals surface area contributed by atoms with E-state index >= 15 is 4.39 Å². The minimum atomic E-state index is -1.36. The molecular weight excluding hydrogens is 592 g/mol. The maximum atomic E-state index is 15.4. The van der Waals surface area contributed by atoms with E-state index in [1.807, 2.05) is 4.90 Å². The van der Waals surface area contributed by atoms with Crippen molar-refractivity contribution in [3.63, 3.8) is 0 Å². The second-order valence-corrected chi connectivity index (χ2v) is 11.7. The molecule has 45 heavy (non-hydrogen) atoms. The van der Waals surface area contributed by atoms with Gasteiger partial charge in [0.25, 0.3) is 0 Å². The predicted octanol–water partition coefficient (Wildman–Crippen LogP) is 3.85. The molecule has 14 heteroatoms. The van der Waals surface area contributed by atoms with Crippen LogP contribution >= 0.6 is 0 Å². The molecule has 2 saturated heterocycles. The number of carboxylic acids is 1. The van der Waals surface area contributed by atoms with Crippen LogP contribution in [0, 0.1) is 17.6 Å². The maximum absolute atomic E-state index is 15.4. The molecular formula is C31H33F2N5O7. The van der Waals surface area contributed by atoms with Crippen molar-refractivity contribution in [3.05, 3.63) is 57.9 Å². The van der Waals surface area contributed by atoms with Crippen LogP contribution < -0.4 is 25.3 Å². The highest BCUT2D eigenvalue weighted by Gasteiger charge is 2.33. The summed E-state index contributed by atoms with van der Waals surface area (Å²) < 4.78 is 43.1. The summed E-state index contributed by atoms with van der Waals surface area (Å²) in [6, 6.07) is 5.36. The van der Waals surface area contributed by atoms with Crippen LogP contribution in [0.3, 0.4) is 0 Å². The van der Waals surface area contributed by atoms with E-state index in [0.29, 0.717) is 31.6 Å². The molecule has 0 bridgehead atoms. The summed E-state index contributed by atoms with van der Waals surface area (Å²) in [6.07, 6.45) is 3.88. The molecule has 12 nitrogen and oxygen atoms in total. The molecule has 1 unspecified atom stereocenters. The molecule has 3 fully saturated rings. The van der Waals surface area contributed by atoms with Crippen molar-refractivity contribution in [3.8, 4) is 5.75 Å². The molecule has 2 aliphatic heterocycles. The topological polar surface area (TPSA) is 143 Å². The van der Waals surface area contributed by atoms with Crippen LogP contribution in [-0.4, -0.2) is 71.5 Å². The fourth-order valence-electron chi connectivity index (χ4n) is 5.87. The number of carboxylic acid groups (broad SMARTS) is 1. The number of nitrogens with one attached hydrogen (secondary N) is 1. The van der Waals surface area contributed by atoms with Gasteiger partial charge in [-0.15, -0.1) is 0 Å². The summed E-state index contributed by atoms with van der Waals surface area (Å²) >= 11 is 0. The SMILES string of the molecule is CC(=O)NC[C@H]1CN(c2ccc(OCC3CCCN(c4nc5c(cc4F)c(=O)c(C(=O)O)cn5C4CC4)CC3)c(F)c2)C(=O)O1. The first-order chi connectivity index (χ1) is 21.6. The van der Waals surface area contributed by atoms with Crippen LogP contribution in [0.1, 0.15) is 55.4 Å². The van der Waals surface area contributed by atoms with Gasteiger partial charge in [0.2, 0.25) is 11.3 Å². The number of rotatable bonds is 9. The Morgan fingerprint density at radius 2 is 1.91 bits per heavy atom.